The summed E-state index contributed by atoms with van der Waals surface area (Å²) in [7, 11) is 2.10. The molecule has 1 fully saturated rings. The van der Waals surface area contributed by atoms with Crippen LogP contribution in [-0.4, -0.2) is 23.0 Å². The van der Waals surface area contributed by atoms with Gasteiger partial charge in [-0.3, -0.25) is 0 Å². The normalized spacial score (nSPS) is 36.5. The number of hydrogen-bond acceptors (Lipinski definition) is 1. The van der Waals surface area contributed by atoms with Crippen LogP contribution in [0.4, 0.5) is 0 Å². The average Bonchev–Trinajstić information content (AvgIpc) is 2.06. The number of nitrogens with zero attached hydrogens (tertiary/aromatic N) is 1. The summed E-state index contributed by atoms with van der Waals surface area (Å²) >= 11 is 5.36. The molecule has 0 saturated carbocycles. The maximum Gasteiger partial charge on any atom is 0.0839 e. The van der Waals surface area contributed by atoms with Crippen LogP contribution < -0.4 is 0 Å². The van der Waals surface area contributed by atoms with Crippen molar-refractivity contribution in [3.63, 3.8) is 0 Å². The number of hydrogen-bond donors (Lipinski definition) is 0. The van der Waals surface area contributed by atoms with Gasteiger partial charge in [0, 0.05) is 18.5 Å². The highest BCUT2D eigenvalue weighted by Gasteiger charge is 2.44. The van der Waals surface area contributed by atoms with E-state index >= 15 is 0 Å². The van der Waals surface area contributed by atoms with Gasteiger partial charge in [0.2, 0.25) is 0 Å². The van der Waals surface area contributed by atoms with Gasteiger partial charge in [0.15, 0.2) is 0 Å². The Kier molecular flexibility index (Phi) is 1.99. The van der Waals surface area contributed by atoms with E-state index in [9.17, 15) is 0 Å². The summed E-state index contributed by atoms with van der Waals surface area (Å²) in [5.41, 5.74) is 0.212. The lowest BCUT2D eigenvalue weighted by Crippen LogP contribution is -2.28. The second-order valence-electron chi connectivity index (χ2n) is 4.17. The predicted molar refractivity (Wildman–Crippen MR) is 52.8 cm³/mol. The molecule has 1 aliphatic rings. The minimum atomic E-state index is 0.212. The van der Waals surface area contributed by atoms with Crippen molar-refractivity contribution in [3.8, 4) is 0 Å². The molecule has 0 aliphatic carbocycles. The zero-order chi connectivity index (χ0) is 8.81. The molecule has 2 unspecified atom stereocenters. The molecular formula is C9H17NS. The summed E-state index contributed by atoms with van der Waals surface area (Å²) in [4.78, 5) is 3.33. The lowest BCUT2D eigenvalue weighted by molar-refractivity contribution is 0.288. The first kappa shape index (κ1) is 8.98. The van der Waals surface area contributed by atoms with E-state index in [1.807, 2.05) is 0 Å². The molecule has 1 heterocycles. The molecule has 0 aromatic heterocycles. The number of likely N-dealkylation sites (tertiary alicyclic amines) is 1. The van der Waals surface area contributed by atoms with Crippen LogP contribution in [0, 0.1) is 11.3 Å². The van der Waals surface area contributed by atoms with Crippen molar-refractivity contribution in [2.75, 3.05) is 7.05 Å². The van der Waals surface area contributed by atoms with Crippen molar-refractivity contribution in [2.24, 2.45) is 11.3 Å². The molecule has 1 aliphatic heterocycles. The Labute approximate surface area is 74.8 Å². The standard InChI is InChI=1S/C9H17NS/c1-6-7(2)10(5)8(11)9(6,3)4/h6-7H,1-5H3. The summed E-state index contributed by atoms with van der Waals surface area (Å²) in [5, 5.41) is 0. The third-order valence-electron chi connectivity index (χ3n) is 3.34. The first-order valence-corrected chi connectivity index (χ1v) is 4.57. The summed E-state index contributed by atoms with van der Waals surface area (Å²) in [5.74, 6) is 0.667. The molecule has 64 valence electrons. The fourth-order valence-electron chi connectivity index (χ4n) is 1.77. The van der Waals surface area contributed by atoms with E-state index in [-0.39, 0.29) is 5.41 Å². The fraction of sp³-hybridized carbons (Fsp3) is 0.889. The fourth-order valence-corrected chi connectivity index (χ4v) is 2.12. The quantitative estimate of drug-likeness (QED) is 0.515. The molecule has 1 saturated heterocycles. The minimum absolute atomic E-state index is 0.212. The summed E-state index contributed by atoms with van der Waals surface area (Å²) in [6.45, 7) is 8.99. The van der Waals surface area contributed by atoms with E-state index in [4.69, 9.17) is 12.2 Å². The van der Waals surface area contributed by atoms with Gasteiger partial charge in [0.05, 0.1) is 4.99 Å². The minimum Gasteiger partial charge on any atom is -0.366 e. The number of rotatable bonds is 0. The predicted octanol–water partition coefficient (Wildman–Crippen LogP) is 2.31. The number of thiocarbonyl (C=S) groups is 1. The Hall–Kier alpha value is -0.110. The molecule has 0 spiro atoms. The first-order chi connectivity index (χ1) is 4.89. The zero-order valence-corrected chi connectivity index (χ0v) is 8.83. The molecule has 1 rings (SSSR count). The Morgan fingerprint density at radius 2 is 1.82 bits per heavy atom. The van der Waals surface area contributed by atoms with Crippen molar-refractivity contribution < 1.29 is 0 Å². The van der Waals surface area contributed by atoms with Gasteiger partial charge in [-0.2, -0.15) is 0 Å². The lowest BCUT2D eigenvalue weighted by atomic mass is 9.80. The van der Waals surface area contributed by atoms with Gasteiger partial charge < -0.3 is 4.90 Å². The van der Waals surface area contributed by atoms with Crippen LogP contribution >= 0.6 is 12.2 Å². The van der Waals surface area contributed by atoms with Crippen LogP contribution in [0.5, 0.6) is 0 Å². The van der Waals surface area contributed by atoms with E-state index < -0.39 is 0 Å². The highest BCUT2D eigenvalue weighted by atomic mass is 32.1. The van der Waals surface area contributed by atoms with Gasteiger partial charge in [-0.15, -0.1) is 0 Å². The molecule has 0 amide bonds. The van der Waals surface area contributed by atoms with Crippen LogP contribution in [0.2, 0.25) is 0 Å². The van der Waals surface area contributed by atoms with E-state index in [2.05, 4.69) is 39.6 Å². The third kappa shape index (κ3) is 1.08. The van der Waals surface area contributed by atoms with Crippen LogP contribution in [0.15, 0.2) is 0 Å². The van der Waals surface area contributed by atoms with Crippen molar-refractivity contribution in [2.45, 2.75) is 33.7 Å². The maximum atomic E-state index is 5.36. The van der Waals surface area contributed by atoms with Gasteiger partial charge in [-0.25, -0.2) is 0 Å². The molecule has 1 nitrogen and oxygen atoms in total. The third-order valence-corrected chi connectivity index (χ3v) is 4.16. The SMILES string of the molecule is CC1C(C)C(C)(C)C(=S)N1C. The molecule has 2 atom stereocenters. The monoisotopic (exact) mass is 171 g/mol. The Balaban J connectivity index is 2.96. The van der Waals surface area contributed by atoms with Crippen LogP contribution in [-0.2, 0) is 0 Å². The summed E-state index contributed by atoms with van der Waals surface area (Å²) in [6.07, 6.45) is 0. The molecule has 2 heteroatoms. The van der Waals surface area contributed by atoms with Crippen LogP contribution in [0.1, 0.15) is 27.7 Å². The summed E-state index contributed by atoms with van der Waals surface area (Å²) in [6, 6.07) is 0.595. The lowest BCUT2D eigenvalue weighted by Gasteiger charge is -2.22. The van der Waals surface area contributed by atoms with E-state index in [1.54, 1.807) is 0 Å². The van der Waals surface area contributed by atoms with E-state index in [1.165, 1.54) is 0 Å². The van der Waals surface area contributed by atoms with Crippen LogP contribution in [0.25, 0.3) is 0 Å². The van der Waals surface area contributed by atoms with Gasteiger partial charge in [-0.05, 0) is 12.8 Å². The molecule has 0 N–H and O–H groups in total. The largest absolute Gasteiger partial charge is 0.366 e. The average molecular weight is 171 g/mol. The van der Waals surface area contributed by atoms with E-state index in [0.29, 0.717) is 12.0 Å². The van der Waals surface area contributed by atoms with Crippen molar-refractivity contribution in [1.29, 1.82) is 0 Å². The van der Waals surface area contributed by atoms with Gasteiger partial charge in [0.25, 0.3) is 0 Å². The molecule has 0 aromatic rings. The molecule has 11 heavy (non-hydrogen) atoms. The van der Waals surface area contributed by atoms with Crippen molar-refractivity contribution >= 4 is 17.2 Å². The van der Waals surface area contributed by atoms with E-state index in [0.717, 1.165) is 4.99 Å². The van der Waals surface area contributed by atoms with Gasteiger partial charge in [-0.1, -0.05) is 33.0 Å². The van der Waals surface area contributed by atoms with Gasteiger partial charge >= 0.3 is 0 Å². The van der Waals surface area contributed by atoms with Crippen LogP contribution in [0.3, 0.4) is 0 Å². The Bertz CT molecular complexity index is 186. The first-order valence-electron chi connectivity index (χ1n) is 4.16. The smallest absolute Gasteiger partial charge is 0.0839 e. The highest BCUT2D eigenvalue weighted by molar-refractivity contribution is 7.80. The molecular weight excluding hydrogens is 154 g/mol. The van der Waals surface area contributed by atoms with Crippen molar-refractivity contribution in [3.05, 3.63) is 0 Å². The maximum absolute atomic E-state index is 5.36. The topological polar surface area (TPSA) is 3.24 Å². The zero-order valence-electron chi connectivity index (χ0n) is 8.01. The molecule has 0 radical (unpaired) electrons. The second kappa shape index (κ2) is 2.44. The summed E-state index contributed by atoms with van der Waals surface area (Å²) < 4.78 is 0. The van der Waals surface area contributed by atoms with Gasteiger partial charge in [0.1, 0.15) is 0 Å². The highest BCUT2D eigenvalue weighted by Crippen LogP contribution is 2.40. The Morgan fingerprint density at radius 3 is 1.91 bits per heavy atom. The second-order valence-corrected chi connectivity index (χ2v) is 4.55. The molecule has 0 bridgehead atoms. The van der Waals surface area contributed by atoms with Crippen molar-refractivity contribution in [1.82, 2.24) is 4.90 Å². The Morgan fingerprint density at radius 1 is 1.36 bits per heavy atom. The molecule has 0 aromatic carbocycles.